The molecule has 0 spiro atoms. The summed E-state index contributed by atoms with van der Waals surface area (Å²) in [6, 6.07) is 8.67. The van der Waals surface area contributed by atoms with E-state index in [-0.39, 0.29) is 16.1 Å². The molecular formula is C20H20ClNO7S. The number of benzene rings is 2. The lowest BCUT2D eigenvalue weighted by Crippen LogP contribution is -2.24. The van der Waals surface area contributed by atoms with Crippen LogP contribution in [0.3, 0.4) is 0 Å². The van der Waals surface area contributed by atoms with Crippen LogP contribution < -0.4 is 14.2 Å². The minimum atomic E-state index is -3.42. The first kappa shape index (κ1) is 21.9. The highest BCUT2D eigenvalue weighted by Gasteiger charge is 2.23. The number of rotatable bonds is 6. The van der Waals surface area contributed by atoms with E-state index in [1.165, 1.54) is 43.3 Å². The van der Waals surface area contributed by atoms with E-state index in [1.54, 1.807) is 0 Å². The van der Waals surface area contributed by atoms with Crippen LogP contribution in [0.5, 0.6) is 11.5 Å². The maximum atomic E-state index is 12.6. The summed E-state index contributed by atoms with van der Waals surface area (Å²) in [5.74, 6) is -0.448. The highest BCUT2D eigenvalue weighted by atomic mass is 35.5. The molecule has 1 aliphatic heterocycles. The molecule has 1 heterocycles. The van der Waals surface area contributed by atoms with E-state index < -0.39 is 27.9 Å². The Morgan fingerprint density at radius 1 is 1.10 bits per heavy atom. The fraction of sp³-hybridized carbons (Fsp3) is 0.300. The van der Waals surface area contributed by atoms with Gasteiger partial charge in [-0.05, 0) is 43.3 Å². The largest absolute Gasteiger partial charge is 0.489 e. The molecule has 30 heavy (non-hydrogen) atoms. The number of Topliss-reactive ketones (excluding diaryl/α,β-unsaturated/α-hetero) is 1. The molecule has 3 rings (SSSR count). The minimum Gasteiger partial charge on any atom is -0.489 e. The van der Waals surface area contributed by atoms with Crippen LogP contribution in [0.4, 0.5) is 5.69 Å². The average molecular weight is 454 g/mol. The van der Waals surface area contributed by atoms with E-state index in [1.807, 2.05) is 0 Å². The number of anilines is 1. The second-order valence-electron chi connectivity index (χ2n) is 6.70. The average Bonchev–Trinajstić information content (AvgIpc) is 2.92. The van der Waals surface area contributed by atoms with Crippen molar-refractivity contribution in [3.05, 3.63) is 52.5 Å². The van der Waals surface area contributed by atoms with Crippen LogP contribution in [0.25, 0.3) is 0 Å². The maximum absolute atomic E-state index is 12.6. The van der Waals surface area contributed by atoms with Crippen LogP contribution >= 0.6 is 11.6 Å². The number of hydrogen-bond acceptors (Lipinski definition) is 7. The van der Waals surface area contributed by atoms with E-state index in [2.05, 4.69) is 4.72 Å². The van der Waals surface area contributed by atoms with Crippen LogP contribution in [-0.2, 0) is 14.8 Å². The SMILES string of the molecule is C[C@H](OC(=O)c1cc(Cl)c2c(c1)OCCCO2)C(=O)c1ccc(NS(C)(=O)=O)cc1. The molecule has 0 radical (unpaired) electrons. The molecule has 0 aliphatic carbocycles. The Bertz CT molecular complexity index is 1070. The first-order valence-corrected chi connectivity index (χ1v) is 11.3. The quantitative estimate of drug-likeness (QED) is 0.528. The van der Waals surface area contributed by atoms with Crippen LogP contribution in [0.1, 0.15) is 34.1 Å². The Kier molecular flexibility index (Phi) is 6.52. The summed E-state index contributed by atoms with van der Waals surface area (Å²) in [6.07, 6.45) is 0.648. The Morgan fingerprint density at radius 2 is 1.77 bits per heavy atom. The number of esters is 1. The summed E-state index contributed by atoms with van der Waals surface area (Å²) >= 11 is 6.19. The van der Waals surface area contributed by atoms with Crippen molar-refractivity contribution in [2.75, 3.05) is 24.2 Å². The van der Waals surface area contributed by atoms with Crippen molar-refractivity contribution >= 4 is 39.1 Å². The highest BCUT2D eigenvalue weighted by Crippen LogP contribution is 2.38. The molecule has 0 bridgehead atoms. The van der Waals surface area contributed by atoms with Crippen molar-refractivity contribution in [3.8, 4) is 11.5 Å². The number of nitrogens with one attached hydrogen (secondary N) is 1. The second kappa shape index (κ2) is 8.93. The standard InChI is InChI=1S/C20H20ClNO7S/c1-12(18(23)13-4-6-15(7-5-13)22-30(2,25)26)29-20(24)14-10-16(21)19-17(11-14)27-8-3-9-28-19/h4-7,10-12,22H,3,8-9H2,1-2H3/t12-/m0/s1. The van der Waals surface area contributed by atoms with Crippen molar-refractivity contribution < 1.29 is 32.2 Å². The topological polar surface area (TPSA) is 108 Å². The van der Waals surface area contributed by atoms with E-state index in [0.717, 1.165) is 6.26 Å². The van der Waals surface area contributed by atoms with Crippen LogP contribution in [-0.4, -0.2) is 45.7 Å². The number of fused-ring (bicyclic) bond motifs is 1. The number of ketones is 1. The van der Waals surface area contributed by atoms with Gasteiger partial charge in [0.15, 0.2) is 17.6 Å². The first-order valence-electron chi connectivity index (χ1n) is 9.06. The molecule has 0 saturated heterocycles. The van der Waals surface area contributed by atoms with Gasteiger partial charge >= 0.3 is 5.97 Å². The molecule has 2 aromatic rings. The zero-order chi connectivity index (χ0) is 21.9. The van der Waals surface area contributed by atoms with Gasteiger partial charge in [-0.2, -0.15) is 0 Å². The third-order valence-electron chi connectivity index (χ3n) is 4.16. The van der Waals surface area contributed by atoms with Crippen LogP contribution in [0.2, 0.25) is 5.02 Å². The molecule has 8 nitrogen and oxygen atoms in total. The van der Waals surface area contributed by atoms with Crippen molar-refractivity contribution in [1.29, 1.82) is 0 Å². The third kappa shape index (κ3) is 5.43. The van der Waals surface area contributed by atoms with Crippen LogP contribution in [0.15, 0.2) is 36.4 Å². The van der Waals surface area contributed by atoms with Gasteiger partial charge in [-0.1, -0.05) is 11.6 Å². The summed E-state index contributed by atoms with van der Waals surface area (Å²) in [5, 5.41) is 0.217. The molecule has 0 saturated carbocycles. The molecule has 0 amide bonds. The van der Waals surface area contributed by atoms with Crippen molar-refractivity contribution in [2.24, 2.45) is 0 Å². The van der Waals surface area contributed by atoms with Crippen molar-refractivity contribution in [1.82, 2.24) is 0 Å². The molecule has 0 fully saturated rings. The van der Waals surface area contributed by atoms with Gasteiger partial charge in [-0.25, -0.2) is 13.2 Å². The van der Waals surface area contributed by atoms with Gasteiger partial charge in [-0.3, -0.25) is 9.52 Å². The Balaban J connectivity index is 1.70. The number of halogens is 1. The fourth-order valence-electron chi connectivity index (χ4n) is 2.78. The Morgan fingerprint density at radius 3 is 2.43 bits per heavy atom. The van der Waals surface area contributed by atoms with Gasteiger partial charge in [0.2, 0.25) is 15.8 Å². The molecule has 1 aliphatic rings. The Hall–Kier alpha value is -2.78. The molecule has 1 N–H and O–H groups in total. The van der Waals surface area contributed by atoms with Crippen molar-refractivity contribution in [2.45, 2.75) is 19.4 Å². The lowest BCUT2D eigenvalue weighted by molar-refractivity contribution is 0.0318. The van der Waals surface area contributed by atoms with Gasteiger partial charge in [0, 0.05) is 17.7 Å². The first-order chi connectivity index (χ1) is 14.1. The lowest BCUT2D eigenvalue weighted by atomic mass is 10.1. The predicted molar refractivity (Wildman–Crippen MR) is 111 cm³/mol. The van der Waals surface area contributed by atoms with Gasteiger partial charge in [-0.15, -0.1) is 0 Å². The number of ether oxygens (including phenoxy) is 3. The normalized spacial score (nSPS) is 14.4. The van der Waals surface area contributed by atoms with Gasteiger partial charge < -0.3 is 14.2 Å². The summed E-state index contributed by atoms with van der Waals surface area (Å²) in [5.41, 5.74) is 0.725. The summed E-state index contributed by atoms with van der Waals surface area (Å²) in [7, 11) is -3.42. The maximum Gasteiger partial charge on any atom is 0.339 e. The molecule has 1 atom stereocenters. The Labute approximate surface area is 179 Å². The smallest absolute Gasteiger partial charge is 0.339 e. The van der Waals surface area contributed by atoms with E-state index in [4.69, 9.17) is 25.8 Å². The number of carbonyl (C=O) groups excluding carboxylic acids is 2. The fourth-order valence-corrected chi connectivity index (χ4v) is 3.61. The second-order valence-corrected chi connectivity index (χ2v) is 8.85. The lowest BCUT2D eigenvalue weighted by Gasteiger charge is -2.15. The summed E-state index contributed by atoms with van der Waals surface area (Å²) in [6.45, 7) is 2.34. The number of carbonyl (C=O) groups is 2. The van der Waals surface area contributed by atoms with Gasteiger partial charge in [0.1, 0.15) is 0 Å². The molecular weight excluding hydrogens is 434 g/mol. The van der Waals surface area contributed by atoms with Gasteiger partial charge in [0.05, 0.1) is 30.1 Å². The third-order valence-corrected chi connectivity index (χ3v) is 5.05. The molecule has 2 aromatic carbocycles. The predicted octanol–water partition coefficient (Wildman–Crippen LogP) is 3.30. The highest BCUT2D eigenvalue weighted by molar-refractivity contribution is 7.92. The zero-order valence-corrected chi connectivity index (χ0v) is 17.9. The van der Waals surface area contributed by atoms with E-state index in [9.17, 15) is 18.0 Å². The number of sulfonamides is 1. The summed E-state index contributed by atoms with van der Waals surface area (Å²) in [4.78, 5) is 25.1. The molecule has 160 valence electrons. The minimum absolute atomic E-state index is 0.136. The summed E-state index contributed by atoms with van der Waals surface area (Å²) < 4.78 is 41.2. The van der Waals surface area contributed by atoms with E-state index >= 15 is 0 Å². The van der Waals surface area contributed by atoms with Gasteiger partial charge in [0.25, 0.3) is 0 Å². The molecule has 10 heteroatoms. The molecule has 0 aromatic heterocycles. The van der Waals surface area contributed by atoms with E-state index in [0.29, 0.717) is 36.8 Å². The van der Waals surface area contributed by atoms with Crippen molar-refractivity contribution in [3.63, 3.8) is 0 Å². The van der Waals surface area contributed by atoms with Crippen LogP contribution in [0, 0.1) is 0 Å². The monoisotopic (exact) mass is 453 g/mol. The number of hydrogen-bond donors (Lipinski definition) is 1. The molecule has 0 unspecified atom stereocenters. The zero-order valence-electron chi connectivity index (χ0n) is 16.3.